The lowest BCUT2D eigenvalue weighted by Crippen LogP contribution is -2.57. The fourth-order valence-electron chi connectivity index (χ4n) is 2.54. The molecule has 0 radical (unpaired) electrons. The third-order valence-electron chi connectivity index (χ3n) is 4.32. The van der Waals surface area contributed by atoms with Crippen LogP contribution >= 0.6 is 11.8 Å². The van der Waals surface area contributed by atoms with Crippen molar-refractivity contribution >= 4 is 41.4 Å². The number of thioether (sulfide) groups is 1. The molecular weight excluding hydrogens is 444 g/mol. The van der Waals surface area contributed by atoms with Crippen LogP contribution in [0.15, 0.2) is 12.5 Å². The molecule has 4 unspecified atom stereocenters. The largest absolute Gasteiger partial charge is 0.481 e. The second-order valence-corrected chi connectivity index (χ2v) is 7.94. The van der Waals surface area contributed by atoms with E-state index in [4.69, 9.17) is 15.9 Å². The smallest absolute Gasteiger partial charge is 0.325 e. The highest BCUT2D eigenvalue weighted by Crippen LogP contribution is 2.05. The molecule has 0 bridgehead atoms. The van der Waals surface area contributed by atoms with Gasteiger partial charge < -0.3 is 36.9 Å². The molecule has 0 spiro atoms. The Labute approximate surface area is 188 Å². The molecule has 0 aromatic carbocycles. The lowest BCUT2D eigenvalue weighted by molar-refractivity contribution is -0.141. The maximum absolute atomic E-state index is 12.9. The van der Waals surface area contributed by atoms with Crippen LogP contribution in [-0.4, -0.2) is 86.0 Å². The second-order valence-electron chi connectivity index (χ2n) is 6.96. The lowest BCUT2D eigenvalue weighted by atomic mass is 10.1. The van der Waals surface area contributed by atoms with Crippen LogP contribution in [-0.2, 0) is 30.4 Å². The van der Waals surface area contributed by atoms with Gasteiger partial charge in [-0.3, -0.25) is 24.0 Å². The number of nitrogens with two attached hydrogens (primary N) is 1. The Hall–Kier alpha value is -3.13. The minimum atomic E-state index is -1.35. The summed E-state index contributed by atoms with van der Waals surface area (Å²) in [5.41, 5.74) is 6.07. The van der Waals surface area contributed by atoms with Gasteiger partial charge in [-0.05, 0) is 25.4 Å². The molecule has 0 aliphatic heterocycles. The van der Waals surface area contributed by atoms with Crippen LogP contribution in [0, 0.1) is 0 Å². The van der Waals surface area contributed by atoms with Gasteiger partial charge in [-0.15, -0.1) is 0 Å². The van der Waals surface area contributed by atoms with E-state index in [0.29, 0.717) is 11.4 Å². The Morgan fingerprint density at radius 1 is 1.09 bits per heavy atom. The first-order valence-corrected chi connectivity index (χ1v) is 11.0. The van der Waals surface area contributed by atoms with Crippen LogP contribution in [0.25, 0.3) is 0 Å². The molecule has 0 aliphatic carbocycles. The predicted molar refractivity (Wildman–Crippen MR) is 115 cm³/mol. The molecule has 3 amide bonds. The third kappa shape index (κ3) is 9.34. The maximum Gasteiger partial charge on any atom is 0.325 e. The number of nitrogens with zero attached hydrogens (tertiary/aromatic N) is 1. The molecule has 1 aromatic rings. The van der Waals surface area contributed by atoms with Gasteiger partial charge in [-0.1, -0.05) is 0 Å². The van der Waals surface area contributed by atoms with Crippen LogP contribution < -0.4 is 21.7 Å². The van der Waals surface area contributed by atoms with Crippen molar-refractivity contribution in [2.45, 2.75) is 50.4 Å². The summed E-state index contributed by atoms with van der Waals surface area (Å²) >= 11 is 1.42. The molecule has 178 valence electrons. The van der Waals surface area contributed by atoms with E-state index in [1.165, 1.54) is 31.2 Å². The fourth-order valence-corrected chi connectivity index (χ4v) is 3.01. The summed E-state index contributed by atoms with van der Waals surface area (Å²) in [5, 5.41) is 25.1. The lowest BCUT2D eigenvalue weighted by Gasteiger charge is -2.24. The zero-order valence-corrected chi connectivity index (χ0v) is 18.5. The fraction of sp³-hybridized carbons (Fsp3) is 0.556. The molecule has 0 saturated carbocycles. The highest BCUT2D eigenvalue weighted by molar-refractivity contribution is 7.98. The summed E-state index contributed by atoms with van der Waals surface area (Å²) in [6.07, 6.45) is 4.21. The number of hydrogen-bond donors (Lipinski definition) is 7. The monoisotopic (exact) mass is 472 g/mol. The van der Waals surface area contributed by atoms with Gasteiger partial charge in [-0.25, -0.2) is 4.98 Å². The van der Waals surface area contributed by atoms with Gasteiger partial charge in [0.25, 0.3) is 0 Å². The molecule has 1 aromatic heterocycles. The average Bonchev–Trinajstić information content (AvgIpc) is 3.22. The summed E-state index contributed by atoms with van der Waals surface area (Å²) in [4.78, 5) is 66.2. The van der Waals surface area contributed by atoms with Gasteiger partial charge in [0.15, 0.2) is 0 Å². The van der Waals surface area contributed by atoms with E-state index in [1.807, 2.05) is 0 Å². The van der Waals surface area contributed by atoms with Crippen molar-refractivity contribution in [3.63, 3.8) is 0 Å². The first-order chi connectivity index (χ1) is 15.0. The number of carboxylic acids is 2. The summed E-state index contributed by atoms with van der Waals surface area (Å²) < 4.78 is 0. The number of amides is 3. The molecule has 14 heteroatoms. The summed E-state index contributed by atoms with van der Waals surface area (Å²) in [6.45, 7) is 1.28. The van der Waals surface area contributed by atoms with E-state index in [9.17, 15) is 24.0 Å². The number of carbonyl (C=O) groups is 5. The third-order valence-corrected chi connectivity index (χ3v) is 4.96. The quantitative estimate of drug-likeness (QED) is 0.159. The maximum atomic E-state index is 12.9. The number of rotatable bonds is 14. The number of hydrogen-bond acceptors (Lipinski definition) is 8. The summed E-state index contributed by atoms with van der Waals surface area (Å²) in [6, 6.07) is -4.78. The highest BCUT2D eigenvalue weighted by atomic mass is 32.2. The Kier molecular flexibility index (Phi) is 11.2. The highest BCUT2D eigenvalue weighted by Gasteiger charge is 2.30. The van der Waals surface area contributed by atoms with Gasteiger partial charge in [0.1, 0.15) is 18.1 Å². The number of H-pyrrole nitrogens is 1. The number of carboxylic acid groups (broad SMARTS) is 2. The number of aromatic nitrogens is 2. The van der Waals surface area contributed by atoms with Gasteiger partial charge in [0.2, 0.25) is 17.7 Å². The van der Waals surface area contributed by atoms with E-state index in [2.05, 4.69) is 25.9 Å². The van der Waals surface area contributed by atoms with Crippen LogP contribution in [0.3, 0.4) is 0 Å². The van der Waals surface area contributed by atoms with Crippen molar-refractivity contribution in [3.05, 3.63) is 18.2 Å². The van der Waals surface area contributed by atoms with E-state index >= 15 is 0 Å². The van der Waals surface area contributed by atoms with Gasteiger partial charge in [-0.2, -0.15) is 11.8 Å². The molecule has 0 aliphatic rings. The van der Waals surface area contributed by atoms with Crippen LogP contribution in [0.1, 0.15) is 25.5 Å². The van der Waals surface area contributed by atoms with Crippen molar-refractivity contribution in [2.75, 3.05) is 12.0 Å². The number of nitrogens with one attached hydrogen (secondary N) is 4. The standard InChI is InChI=1S/C18H28N6O7S/c1-9(18(30)31)22-17(29)13(5-10-7-20-8-21-10)24-16(28)12(3-4-32-2)23-15(27)11(19)6-14(25)26/h7-9,11-13H,3-6,19H2,1-2H3,(H,20,21)(H,22,29)(H,23,27)(H,24,28)(H,25,26)(H,30,31). The Morgan fingerprint density at radius 2 is 1.72 bits per heavy atom. The molecule has 1 rings (SSSR count). The van der Waals surface area contributed by atoms with Crippen molar-refractivity contribution in [1.29, 1.82) is 0 Å². The van der Waals surface area contributed by atoms with E-state index in [0.717, 1.165) is 0 Å². The minimum absolute atomic E-state index is 0.00830. The average molecular weight is 473 g/mol. The van der Waals surface area contributed by atoms with Crippen molar-refractivity contribution < 1.29 is 34.2 Å². The zero-order valence-electron chi connectivity index (χ0n) is 17.7. The summed E-state index contributed by atoms with van der Waals surface area (Å²) in [5.74, 6) is -4.27. The van der Waals surface area contributed by atoms with Gasteiger partial charge in [0.05, 0.1) is 18.8 Å². The molecule has 0 saturated heterocycles. The topological polar surface area (TPSA) is 217 Å². The Morgan fingerprint density at radius 3 is 2.25 bits per heavy atom. The molecule has 0 fully saturated rings. The van der Waals surface area contributed by atoms with Crippen LogP contribution in [0.5, 0.6) is 0 Å². The Balaban J connectivity index is 2.96. The SMILES string of the molecule is CSCCC(NC(=O)C(N)CC(=O)O)C(=O)NC(Cc1cnc[nH]1)C(=O)NC(C)C(=O)O. The molecule has 13 nitrogen and oxygen atoms in total. The molecule has 1 heterocycles. The normalized spacial score (nSPS) is 14.5. The van der Waals surface area contributed by atoms with Crippen molar-refractivity contribution in [1.82, 2.24) is 25.9 Å². The molecule has 4 atom stereocenters. The van der Waals surface area contributed by atoms with Gasteiger partial charge in [0, 0.05) is 18.3 Å². The van der Waals surface area contributed by atoms with Crippen molar-refractivity contribution in [3.8, 4) is 0 Å². The van der Waals surface area contributed by atoms with Crippen LogP contribution in [0.4, 0.5) is 0 Å². The van der Waals surface area contributed by atoms with Crippen molar-refractivity contribution in [2.24, 2.45) is 5.73 Å². The summed E-state index contributed by atoms with van der Waals surface area (Å²) in [7, 11) is 0. The number of carbonyl (C=O) groups excluding carboxylic acids is 3. The number of imidazole rings is 1. The van der Waals surface area contributed by atoms with E-state index in [1.54, 1.807) is 6.26 Å². The first kappa shape index (κ1) is 26.9. The first-order valence-electron chi connectivity index (χ1n) is 9.62. The van der Waals surface area contributed by atoms with E-state index < -0.39 is 60.2 Å². The predicted octanol–water partition coefficient (Wildman–Crippen LogP) is -1.93. The number of aliphatic carboxylic acids is 2. The zero-order chi connectivity index (χ0) is 24.3. The molecular formula is C18H28N6O7S. The van der Waals surface area contributed by atoms with Crippen LogP contribution in [0.2, 0.25) is 0 Å². The molecule has 8 N–H and O–H groups in total. The molecule has 32 heavy (non-hydrogen) atoms. The minimum Gasteiger partial charge on any atom is -0.481 e. The second kappa shape index (κ2) is 13.3. The van der Waals surface area contributed by atoms with Gasteiger partial charge >= 0.3 is 11.9 Å². The number of aromatic amines is 1. The Bertz CT molecular complexity index is 804. The van der Waals surface area contributed by atoms with E-state index in [-0.39, 0.29) is 12.8 Å².